The number of benzene rings is 8. The zero-order valence-corrected chi connectivity index (χ0v) is 59.9. The van der Waals surface area contributed by atoms with E-state index in [1.165, 1.54) is 7.11 Å². The van der Waals surface area contributed by atoms with Gasteiger partial charge in [0.2, 0.25) is 0 Å². The van der Waals surface area contributed by atoms with Gasteiger partial charge in [0.1, 0.15) is 67.1 Å². The first-order chi connectivity index (χ1) is 51.3. The molecule has 0 saturated carbocycles. The number of carbonyl (C=O) groups excluding carboxylic acids is 1. The van der Waals surface area contributed by atoms with Crippen LogP contribution in [0.3, 0.4) is 0 Å². The molecule has 1 N–H and O–H groups in total. The predicted molar refractivity (Wildman–Crippen MR) is 391 cm³/mol. The Hall–Kier alpha value is -7.41. The topological polar surface area (TPSA) is 177 Å². The third-order valence-corrected chi connectivity index (χ3v) is 19.2. The highest BCUT2D eigenvalue weighted by molar-refractivity contribution is 5.69. The van der Waals surface area contributed by atoms with Crippen molar-refractivity contribution in [1.82, 2.24) is 5.32 Å². The summed E-state index contributed by atoms with van der Waals surface area (Å²) < 4.78 is 114. The van der Waals surface area contributed by atoms with Crippen molar-refractivity contribution in [2.24, 2.45) is 0 Å². The minimum atomic E-state index is -1.25. The van der Waals surface area contributed by atoms with Crippen LogP contribution in [0.25, 0.3) is 0 Å². The van der Waals surface area contributed by atoms with Gasteiger partial charge in [-0.05, 0) is 65.6 Å². The molecule has 4 aliphatic heterocycles. The number of nitrogens with one attached hydrogen (secondary N) is 1. The Bertz CT molecular complexity index is 3660. The van der Waals surface area contributed by atoms with Crippen LogP contribution in [-0.2, 0) is 127 Å². The quantitative estimate of drug-likeness (QED) is 0.0284. The molecule has 18 heteroatoms. The Kier molecular flexibility index (Phi) is 30.0. The average molecular weight is 1420 g/mol. The molecule has 0 amide bonds. The second-order valence-electron chi connectivity index (χ2n) is 27.0. The van der Waals surface area contributed by atoms with E-state index < -0.39 is 98.4 Å². The fourth-order valence-corrected chi connectivity index (χ4v) is 13.7. The average Bonchev–Trinajstić information content (AvgIpc) is 0.753. The summed E-state index contributed by atoms with van der Waals surface area (Å²) in [6.07, 6.45) is -9.92. The monoisotopic (exact) mass is 1420 g/mol. The summed E-state index contributed by atoms with van der Waals surface area (Å²) in [7, 11) is 1.43. The second kappa shape index (κ2) is 40.9. The van der Waals surface area contributed by atoms with Gasteiger partial charge in [-0.25, -0.2) is 0 Å². The highest BCUT2D eigenvalue weighted by Gasteiger charge is 2.58. The summed E-state index contributed by atoms with van der Waals surface area (Å²) in [6, 6.07) is 80.3. The van der Waals surface area contributed by atoms with Crippen molar-refractivity contribution in [3.8, 4) is 0 Å². The van der Waals surface area contributed by atoms with Gasteiger partial charge in [-0.15, -0.1) is 0 Å². The summed E-state index contributed by atoms with van der Waals surface area (Å²) in [5.74, 6) is -0.181. The Morgan fingerprint density at radius 1 is 0.423 bits per heavy atom. The first-order valence-corrected chi connectivity index (χ1v) is 36.8. The van der Waals surface area contributed by atoms with Gasteiger partial charge in [-0.2, -0.15) is 0 Å². The molecule has 8 aromatic rings. The summed E-state index contributed by atoms with van der Waals surface area (Å²) in [5.41, 5.74) is 7.48. The maximum absolute atomic E-state index is 11.8. The minimum Gasteiger partial charge on any atom is -0.469 e. The van der Waals surface area contributed by atoms with Crippen LogP contribution in [-0.4, -0.2) is 138 Å². The summed E-state index contributed by atoms with van der Waals surface area (Å²) in [6.45, 7) is 6.52. The van der Waals surface area contributed by atoms with Gasteiger partial charge in [0.05, 0.1) is 79.3 Å². The lowest BCUT2D eigenvalue weighted by atomic mass is 9.94. The molecule has 18 nitrogen and oxygen atoms in total. The van der Waals surface area contributed by atoms with Gasteiger partial charge in [0, 0.05) is 24.6 Å². The van der Waals surface area contributed by atoms with Crippen LogP contribution >= 0.6 is 0 Å². The Morgan fingerprint density at radius 3 is 1.33 bits per heavy atom. The van der Waals surface area contributed by atoms with Crippen molar-refractivity contribution < 1.29 is 80.6 Å². The zero-order chi connectivity index (χ0) is 71.3. The van der Waals surface area contributed by atoms with Gasteiger partial charge in [-0.3, -0.25) is 4.79 Å². The molecule has 0 spiro atoms. The first kappa shape index (κ1) is 76.2. The lowest BCUT2D eigenvalue weighted by Gasteiger charge is -2.53. The van der Waals surface area contributed by atoms with Crippen LogP contribution in [0.5, 0.6) is 0 Å². The lowest BCUT2D eigenvalue weighted by molar-refractivity contribution is -0.419. The predicted octanol–water partition coefficient (Wildman–Crippen LogP) is 14.3. The molecule has 0 bridgehead atoms. The number of ether oxygens (including phenoxy) is 16. The molecule has 0 radical (unpaired) electrons. The smallest absolute Gasteiger partial charge is 0.305 e. The molecule has 4 fully saturated rings. The van der Waals surface area contributed by atoms with Gasteiger partial charge >= 0.3 is 5.97 Å². The molecular formula is C86H101NO17. The van der Waals surface area contributed by atoms with E-state index in [1.807, 2.05) is 250 Å². The maximum atomic E-state index is 11.8. The van der Waals surface area contributed by atoms with Crippen LogP contribution in [0.1, 0.15) is 103 Å². The van der Waals surface area contributed by atoms with Crippen molar-refractivity contribution in [1.29, 1.82) is 0 Å². The molecule has 4 saturated heterocycles. The molecule has 552 valence electrons. The van der Waals surface area contributed by atoms with E-state index in [0.717, 1.165) is 76.6 Å². The Labute approximate surface area is 612 Å². The van der Waals surface area contributed by atoms with E-state index in [0.29, 0.717) is 19.6 Å². The van der Waals surface area contributed by atoms with Gasteiger partial charge in [0.25, 0.3) is 0 Å². The molecule has 0 aliphatic carbocycles. The number of unbranched alkanes of at least 4 members (excludes halogenated alkanes) is 3. The van der Waals surface area contributed by atoms with E-state index >= 15 is 0 Å². The lowest BCUT2D eigenvalue weighted by Crippen LogP contribution is -2.69. The number of rotatable bonds is 39. The van der Waals surface area contributed by atoms with Crippen molar-refractivity contribution in [3.63, 3.8) is 0 Å². The summed E-state index contributed by atoms with van der Waals surface area (Å²) in [4.78, 5) is 11.8. The minimum absolute atomic E-state index is 0.0731. The normalized spacial score (nSPS) is 26.5. The molecule has 4 aliphatic rings. The third kappa shape index (κ3) is 22.6. The van der Waals surface area contributed by atoms with Crippen LogP contribution in [0, 0.1) is 0 Å². The van der Waals surface area contributed by atoms with Crippen molar-refractivity contribution >= 4 is 5.97 Å². The van der Waals surface area contributed by atoms with E-state index in [-0.39, 0.29) is 71.5 Å². The molecule has 0 aromatic heterocycles. The number of hydrogen-bond donors (Lipinski definition) is 1. The third-order valence-electron chi connectivity index (χ3n) is 19.2. The molecular weight excluding hydrogens is 1320 g/mol. The molecule has 17 atom stereocenters. The highest BCUT2D eigenvalue weighted by Crippen LogP contribution is 2.42. The van der Waals surface area contributed by atoms with E-state index in [2.05, 4.69) is 12.2 Å². The Balaban J connectivity index is 0.946. The fraction of sp³-hybridized carbons (Fsp3) is 0.430. The maximum Gasteiger partial charge on any atom is 0.305 e. The standard InChI is InChI=1S/C86H101NO17/c1-61(32-14-4-5-31-49-73(88)89-3)87-50-51-91-84-82(104-85-80(96-57-68-43-25-11-26-44-68)77(94-55-66-39-21-9-22-40-66)74(62(2)99-85)92-53-64-35-17-7-18-36-64)79(76-72(100-84)60-98-83(102-76)70-47-29-13-30-48-70)103-86-81(97-58-69-45-27-12-28-46-69)78(95-56-67-41-23-10-24-42-67)75(93-54-65-37-19-8-20-38-65)71(101-86)59-90-52-63-33-15-6-16-34-63/h6-13,15-30,33-48,61-62,71-72,74-87H,4-5,14,31-32,49-60H2,1-3H3/t61?,62-,71+,72+,74+,75-,76-,77+,78-,79-,80-,81+,82+,83?,84+,85-,86+/m0/s1. The number of fused-ring (bicyclic) bond motifs is 1. The molecule has 2 unspecified atom stereocenters. The van der Waals surface area contributed by atoms with E-state index in [4.69, 9.17) is 75.8 Å². The largest absolute Gasteiger partial charge is 0.469 e. The number of carbonyl (C=O) groups is 1. The SMILES string of the molecule is COC(=O)CCCCCCC(C)NCCO[C@@H]1O[C@@H]2COC(c3ccccc3)O[C@@H]2[C@H](O[C@H]2O[C@H](COCc3ccccc3)[C@H](OCc3ccccc3)[C@H](OCc3ccccc3)[C@H]2OCc2ccccc2)[C@H]1O[C@@H]1O[C@@H](C)[C@@H](OCc2ccccc2)[C@@H](OCc2ccccc2)[C@@H]1OCc1ccccc1. The summed E-state index contributed by atoms with van der Waals surface area (Å²) in [5, 5.41) is 3.69. The number of esters is 1. The van der Waals surface area contributed by atoms with Crippen molar-refractivity contribution in [2.45, 2.75) is 203 Å². The molecule has 12 rings (SSSR count). The summed E-state index contributed by atoms with van der Waals surface area (Å²) >= 11 is 0. The van der Waals surface area contributed by atoms with Crippen LogP contribution in [0.2, 0.25) is 0 Å². The van der Waals surface area contributed by atoms with E-state index in [1.54, 1.807) is 0 Å². The van der Waals surface area contributed by atoms with Gasteiger partial charge in [-0.1, -0.05) is 262 Å². The van der Waals surface area contributed by atoms with Gasteiger partial charge < -0.3 is 81.1 Å². The van der Waals surface area contributed by atoms with E-state index in [9.17, 15) is 4.79 Å². The number of methoxy groups -OCH3 is 1. The van der Waals surface area contributed by atoms with Crippen LogP contribution < -0.4 is 5.32 Å². The Morgan fingerprint density at radius 2 is 0.837 bits per heavy atom. The number of hydrogen-bond acceptors (Lipinski definition) is 18. The molecule has 4 heterocycles. The van der Waals surface area contributed by atoms with Crippen LogP contribution in [0.15, 0.2) is 243 Å². The van der Waals surface area contributed by atoms with Crippen molar-refractivity contribution in [3.05, 3.63) is 287 Å². The zero-order valence-electron chi connectivity index (χ0n) is 59.9. The van der Waals surface area contributed by atoms with Crippen LogP contribution in [0.4, 0.5) is 0 Å². The second-order valence-corrected chi connectivity index (χ2v) is 27.0. The highest BCUT2D eigenvalue weighted by atomic mass is 16.8. The fourth-order valence-electron chi connectivity index (χ4n) is 13.7. The van der Waals surface area contributed by atoms with Gasteiger partial charge in [0.15, 0.2) is 25.2 Å². The molecule has 8 aromatic carbocycles. The molecule has 104 heavy (non-hydrogen) atoms. The van der Waals surface area contributed by atoms with Crippen molar-refractivity contribution in [2.75, 3.05) is 33.5 Å². The first-order valence-electron chi connectivity index (χ1n) is 36.8.